The van der Waals surface area contributed by atoms with Gasteiger partial charge in [-0.1, -0.05) is 29.4 Å². The van der Waals surface area contributed by atoms with Crippen LogP contribution in [0, 0.1) is 17.0 Å². The van der Waals surface area contributed by atoms with Crippen molar-refractivity contribution in [3.63, 3.8) is 0 Å². The van der Waals surface area contributed by atoms with Gasteiger partial charge in [-0.15, -0.1) is 0 Å². The first-order chi connectivity index (χ1) is 15.5. The summed E-state index contributed by atoms with van der Waals surface area (Å²) in [5.41, 5.74) is 2.73. The second kappa shape index (κ2) is 9.66. The van der Waals surface area contributed by atoms with E-state index in [1.54, 1.807) is 6.92 Å². The zero-order valence-electron chi connectivity index (χ0n) is 17.6. The lowest BCUT2D eigenvalue weighted by Gasteiger charge is -2.26. The predicted molar refractivity (Wildman–Crippen MR) is 111 cm³/mol. The van der Waals surface area contributed by atoms with Crippen LogP contribution in [0.25, 0.3) is 0 Å². The molecule has 0 spiro atoms. The zero-order valence-corrected chi connectivity index (χ0v) is 17.6. The number of nitro groups is 1. The molecule has 0 unspecified atom stereocenters. The number of nitrogens with one attached hydrogen (secondary N) is 1. The number of ether oxygens (including phenoxy) is 1. The number of rotatable bonds is 8. The highest BCUT2D eigenvalue weighted by atomic mass is 16.6. The van der Waals surface area contributed by atoms with E-state index in [1.165, 1.54) is 16.3 Å². The van der Waals surface area contributed by atoms with Gasteiger partial charge in [-0.3, -0.25) is 9.69 Å². The van der Waals surface area contributed by atoms with E-state index >= 15 is 0 Å². The molecule has 0 aliphatic carbocycles. The smallest absolute Gasteiger partial charge is 0.379 e. The molecule has 0 saturated carbocycles. The van der Waals surface area contributed by atoms with Crippen molar-refractivity contribution in [2.45, 2.75) is 26.6 Å². The number of hydrogen-bond acceptors (Lipinski definition) is 9. The van der Waals surface area contributed by atoms with Crippen molar-refractivity contribution in [2.75, 3.05) is 26.3 Å². The molecule has 12 heteroatoms. The lowest BCUT2D eigenvalue weighted by Crippen LogP contribution is -2.35. The highest BCUT2D eigenvalue weighted by Gasteiger charge is 2.20. The monoisotopic (exact) mass is 441 g/mol. The Morgan fingerprint density at radius 1 is 1.19 bits per heavy atom. The molecule has 12 nitrogen and oxygen atoms in total. The van der Waals surface area contributed by atoms with Crippen LogP contribution in [-0.4, -0.2) is 62.0 Å². The minimum atomic E-state index is -0.576. The topological polar surface area (TPSA) is 141 Å². The van der Waals surface area contributed by atoms with Gasteiger partial charge in [0.15, 0.2) is 5.82 Å². The van der Waals surface area contributed by atoms with Gasteiger partial charge < -0.3 is 24.7 Å². The van der Waals surface area contributed by atoms with Crippen LogP contribution >= 0.6 is 0 Å². The van der Waals surface area contributed by atoms with Crippen LogP contribution in [0.4, 0.5) is 5.82 Å². The normalized spacial score (nSPS) is 14.4. The molecule has 0 bridgehead atoms. The SMILES string of the molecule is Cc1cc([N+](=O)[O-])nn1Cc1noc(C(=O)NCc2ccc(CN3CCOCC3)cc2)n1. The van der Waals surface area contributed by atoms with Crippen molar-refractivity contribution in [2.24, 2.45) is 0 Å². The maximum atomic E-state index is 12.3. The molecule has 4 rings (SSSR count). The third-order valence-corrected chi connectivity index (χ3v) is 5.09. The Morgan fingerprint density at radius 2 is 1.91 bits per heavy atom. The number of amides is 1. The molecule has 1 saturated heterocycles. The predicted octanol–water partition coefficient (Wildman–Crippen LogP) is 1.29. The van der Waals surface area contributed by atoms with Crippen LogP contribution in [0.15, 0.2) is 34.9 Å². The molecule has 3 aromatic rings. The Morgan fingerprint density at radius 3 is 2.59 bits per heavy atom. The van der Waals surface area contributed by atoms with E-state index in [9.17, 15) is 14.9 Å². The van der Waals surface area contributed by atoms with Gasteiger partial charge >= 0.3 is 17.6 Å². The van der Waals surface area contributed by atoms with Gasteiger partial charge in [0.1, 0.15) is 6.54 Å². The first kappa shape index (κ1) is 21.6. The summed E-state index contributed by atoms with van der Waals surface area (Å²) in [5.74, 6) is -0.740. The Labute approximate surface area is 183 Å². The van der Waals surface area contributed by atoms with Crippen molar-refractivity contribution in [3.05, 3.63) is 69.0 Å². The second-order valence-electron chi connectivity index (χ2n) is 7.46. The van der Waals surface area contributed by atoms with Gasteiger partial charge in [-0.25, -0.2) is 0 Å². The minimum absolute atomic E-state index is 0.0566. The fraction of sp³-hybridized carbons (Fsp3) is 0.400. The number of aryl methyl sites for hydroxylation is 1. The number of carbonyl (C=O) groups is 1. The average Bonchev–Trinajstić information content (AvgIpc) is 3.41. The van der Waals surface area contributed by atoms with E-state index in [1.807, 2.05) is 24.3 Å². The van der Waals surface area contributed by atoms with Crippen LogP contribution in [0.1, 0.15) is 33.3 Å². The van der Waals surface area contributed by atoms with Crippen molar-refractivity contribution in [3.8, 4) is 0 Å². The fourth-order valence-corrected chi connectivity index (χ4v) is 3.32. The average molecular weight is 441 g/mol. The molecular formula is C20H23N7O5. The molecule has 2 aromatic heterocycles. The fourth-order valence-electron chi connectivity index (χ4n) is 3.32. The third kappa shape index (κ3) is 5.34. The van der Waals surface area contributed by atoms with Crippen LogP contribution in [-0.2, 0) is 24.4 Å². The van der Waals surface area contributed by atoms with Crippen LogP contribution < -0.4 is 5.32 Å². The van der Waals surface area contributed by atoms with Gasteiger partial charge in [0.05, 0.1) is 30.1 Å². The zero-order chi connectivity index (χ0) is 22.5. The molecule has 32 heavy (non-hydrogen) atoms. The second-order valence-corrected chi connectivity index (χ2v) is 7.46. The highest BCUT2D eigenvalue weighted by molar-refractivity contribution is 5.89. The Bertz CT molecular complexity index is 1090. The molecule has 1 aliphatic heterocycles. The number of aromatic nitrogens is 4. The minimum Gasteiger partial charge on any atom is -0.379 e. The van der Waals surface area contributed by atoms with E-state index in [0.29, 0.717) is 12.2 Å². The maximum Gasteiger partial charge on any atom is 0.390 e. The number of nitrogens with zero attached hydrogens (tertiary/aromatic N) is 6. The van der Waals surface area contributed by atoms with Crippen molar-refractivity contribution in [1.29, 1.82) is 0 Å². The van der Waals surface area contributed by atoms with Gasteiger partial charge in [0.2, 0.25) is 0 Å². The van der Waals surface area contributed by atoms with Crippen LogP contribution in [0.3, 0.4) is 0 Å². The summed E-state index contributed by atoms with van der Waals surface area (Å²) in [6, 6.07) is 9.39. The standard InChI is InChI=1S/C20H23N7O5/c1-14-10-18(27(29)30)23-26(14)13-17-22-20(32-24-17)19(28)21-11-15-2-4-16(5-3-15)12-25-6-8-31-9-7-25/h2-5,10H,6-9,11-13H2,1H3,(H,21,28). The molecular weight excluding hydrogens is 418 g/mol. The van der Waals surface area contributed by atoms with E-state index < -0.39 is 10.8 Å². The van der Waals surface area contributed by atoms with Gasteiger partial charge in [0, 0.05) is 26.2 Å². The van der Waals surface area contributed by atoms with Crippen LogP contribution in [0.2, 0.25) is 0 Å². The van der Waals surface area contributed by atoms with Crippen molar-refractivity contribution < 1.29 is 19.0 Å². The first-order valence-electron chi connectivity index (χ1n) is 10.2. The highest BCUT2D eigenvalue weighted by Crippen LogP contribution is 2.13. The van der Waals surface area contributed by atoms with E-state index in [0.717, 1.165) is 38.4 Å². The van der Waals surface area contributed by atoms with Crippen LogP contribution in [0.5, 0.6) is 0 Å². The number of hydrogen-bond donors (Lipinski definition) is 1. The van der Waals surface area contributed by atoms with E-state index in [2.05, 4.69) is 25.5 Å². The lowest BCUT2D eigenvalue weighted by atomic mass is 10.1. The summed E-state index contributed by atoms with van der Waals surface area (Å²) < 4.78 is 11.8. The number of benzene rings is 1. The summed E-state index contributed by atoms with van der Waals surface area (Å²) >= 11 is 0. The summed E-state index contributed by atoms with van der Waals surface area (Å²) in [5, 5.41) is 21.2. The Hall–Kier alpha value is -3.64. The molecule has 1 N–H and O–H groups in total. The quantitative estimate of drug-likeness (QED) is 0.404. The Kier molecular flexibility index (Phi) is 6.52. The van der Waals surface area contributed by atoms with Gasteiger partial charge in [-0.2, -0.15) is 9.67 Å². The number of carbonyl (C=O) groups excluding carboxylic acids is 1. The summed E-state index contributed by atoms with van der Waals surface area (Å²) in [6.45, 7) is 6.33. The molecule has 168 valence electrons. The summed E-state index contributed by atoms with van der Waals surface area (Å²) in [7, 11) is 0. The van der Waals surface area contributed by atoms with Gasteiger partial charge in [0.25, 0.3) is 0 Å². The molecule has 0 atom stereocenters. The van der Waals surface area contributed by atoms with E-state index in [4.69, 9.17) is 9.26 Å². The molecule has 3 heterocycles. The van der Waals surface area contributed by atoms with Crippen molar-refractivity contribution >= 4 is 11.7 Å². The maximum absolute atomic E-state index is 12.3. The molecule has 0 radical (unpaired) electrons. The lowest BCUT2D eigenvalue weighted by molar-refractivity contribution is -0.389. The Balaban J connectivity index is 1.29. The molecule has 1 amide bonds. The van der Waals surface area contributed by atoms with Crippen molar-refractivity contribution in [1.82, 2.24) is 30.1 Å². The first-order valence-corrected chi connectivity index (χ1v) is 10.2. The molecule has 1 aromatic carbocycles. The molecule has 1 fully saturated rings. The summed E-state index contributed by atoms with van der Waals surface area (Å²) in [4.78, 5) is 29.0. The largest absolute Gasteiger partial charge is 0.390 e. The number of morpholine rings is 1. The molecule has 1 aliphatic rings. The van der Waals surface area contributed by atoms with E-state index in [-0.39, 0.29) is 24.1 Å². The van der Waals surface area contributed by atoms with Gasteiger partial charge in [-0.05, 0) is 23.0 Å². The summed E-state index contributed by atoms with van der Waals surface area (Å²) in [6.07, 6.45) is 0. The third-order valence-electron chi connectivity index (χ3n) is 5.09.